The molecule has 310 valence electrons. The average Bonchev–Trinajstić information content (AvgIpc) is 3.74. The Kier molecular flexibility index (Phi) is 9.89. The monoisotopic (exact) mass is 840 g/mol. The molecule has 0 N–H and O–H groups in total. The fourth-order valence-electron chi connectivity index (χ4n) is 9.83. The predicted octanol–water partition coefficient (Wildman–Crippen LogP) is 17.7. The van der Waals surface area contributed by atoms with Crippen LogP contribution in [0.2, 0.25) is 0 Å². The maximum absolute atomic E-state index is 2.48. The standard InChI is InChI=1S/C64H44N2/c1-4-19-45(20-5-1)50-27-18-28-54(42-50)65(63-39-37-52(43-58(63)47-22-6-2-7-23-47)51-36-35-46-21-10-11-26-49(46)41-51)64-40-38-53(44-59(64)48-24-8-3-9-25-48)55-29-12-15-32-60(55)66-61-33-16-13-30-56(61)57-31-14-17-34-62(57)66/h1-44H. The van der Waals surface area contributed by atoms with Gasteiger partial charge in [0.1, 0.15) is 0 Å². The molecular formula is C64H44N2. The van der Waals surface area contributed by atoms with Gasteiger partial charge in [0.2, 0.25) is 0 Å². The quantitative estimate of drug-likeness (QED) is 0.141. The minimum absolute atomic E-state index is 1.07. The lowest BCUT2D eigenvalue weighted by Crippen LogP contribution is -2.13. The zero-order chi connectivity index (χ0) is 43.8. The number of anilines is 3. The van der Waals surface area contributed by atoms with Crippen LogP contribution in [-0.2, 0) is 0 Å². The molecule has 1 aromatic heterocycles. The molecule has 12 rings (SSSR count). The number of fused-ring (bicyclic) bond motifs is 4. The summed E-state index contributed by atoms with van der Waals surface area (Å²) >= 11 is 0. The van der Waals surface area contributed by atoms with E-state index in [1.165, 1.54) is 49.3 Å². The summed E-state index contributed by atoms with van der Waals surface area (Å²) < 4.78 is 2.43. The van der Waals surface area contributed by atoms with Crippen LogP contribution < -0.4 is 4.90 Å². The van der Waals surface area contributed by atoms with Crippen LogP contribution >= 0.6 is 0 Å². The van der Waals surface area contributed by atoms with Gasteiger partial charge in [0, 0.05) is 33.2 Å². The molecule has 12 aromatic rings. The SMILES string of the molecule is c1ccc(-c2cccc(N(c3ccc(-c4ccc5ccccc5c4)cc3-c3ccccc3)c3ccc(-c4ccccc4-n4c5ccccc5c5ccccc54)cc3-c3ccccc3)c2)cc1. The van der Waals surface area contributed by atoms with Crippen LogP contribution in [0.15, 0.2) is 267 Å². The molecule has 0 aliphatic carbocycles. The number of rotatable bonds is 9. The largest absolute Gasteiger partial charge is 0.309 e. The lowest BCUT2D eigenvalue weighted by atomic mass is 9.93. The van der Waals surface area contributed by atoms with Gasteiger partial charge in [-0.2, -0.15) is 0 Å². The zero-order valence-corrected chi connectivity index (χ0v) is 36.3. The highest BCUT2D eigenvalue weighted by atomic mass is 15.1. The van der Waals surface area contributed by atoms with E-state index in [0.29, 0.717) is 0 Å². The first-order valence-electron chi connectivity index (χ1n) is 22.7. The molecule has 2 heteroatoms. The van der Waals surface area contributed by atoms with Crippen LogP contribution in [0.5, 0.6) is 0 Å². The van der Waals surface area contributed by atoms with Gasteiger partial charge in [0.15, 0.2) is 0 Å². The maximum Gasteiger partial charge on any atom is 0.0541 e. The molecule has 0 saturated carbocycles. The maximum atomic E-state index is 2.48. The highest BCUT2D eigenvalue weighted by Gasteiger charge is 2.24. The fourth-order valence-corrected chi connectivity index (χ4v) is 9.83. The van der Waals surface area contributed by atoms with Gasteiger partial charge in [-0.25, -0.2) is 0 Å². The number of aromatic nitrogens is 1. The van der Waals surface area contributed by atoms with Crippen molar-refractivity contribution in [1.29, 1.82) is 0 Å². The van der Waals surface area contributed by atoms with Gasteiger partial charge in [-0.15, -0.1) is 0 Å². The Balaban J connectivity index is 1.10. The van der Waals surface area contributed by atoms with Crippen LogP contribution in [0.1, 0.15) is 0 Å². The molecule has 0 atom stereocenters. The van der Waals surface area contributed by atoms with E-state index in [1.54, 1.807) is 0 Å². The Bertz CT molecular complexity index is 3650. The third-order valence-corrected chi connectivity index (χ3v) is 13.0. The van der Waals surface area contributed by atoms with Crippen LogP contribution in [-0.4, -0.2) is 4.57 Å². The summed E-state index contributed by atoms with van der Waals surface area (Å²) in [4.78, 5) is 2.48. The predicted molar refractivity (Wildman–Crippen MR) is 280 cm³/mol. The number of hydrogen-bond acceptors (Lipinski definition) is 1. The van der Waals surface area contributed by atoms with E-state index >= 15 is 0 Å². The second kappa shape index (κ2) is 16.8. The number of benzene rings is 11. The molecule has 0 fully saturated rings. The summed E-state index contributed by atoms with van der Waals surface area (Å²) in [6, 6.07) is 97.1. The van der Waals surface area contributed by atoms with E-state index < -0.39 is 0 Å². The Hall–Kier alpha value is -8.72. The lowest BCUT2D eigenvalue weighted by Gasteiger charge is -2.31. The van der Waals surface area contributed by atoms with Crippen molar-refractivity contribution in [3.8, 4) is 61.3 Å². The Labute approximate surface area is 385 Å². The molecule has 2 nitrogen and oxygen atoms in total. The van der Waals surface area contributed by atoms with Gasteiger partial charge < -0.3 is 9.47 Å². The molecule has 1 heterocycles. The lowest BCUT2D eigenvalue weighted by molar-refractivity contribution is 1.18. The number of para-hydroxylation sites is 3. The van der Waals surface area contributed by atoms with Crippen molar-refractivity contribution in [1.82, 2.24) is 4.57 Å². The molecule has 66 heavy (non-hydrogen) atoms. The van der Waals surface area contributed by atoms with E-state index in [1.807, 2.05) is 0 Å². The minimum atomic E-state index is 1.07. The second-order valence-corrected chi connectivity index (χ2v) is 16.9. The second-order valence-electron chi connectivity index (χ2n) is 16.9. The van der Waals surface area contributed by atoms with Crippen molar-refractivity contribution in [2.75, 3.05) is 4.90 Å². The Morgan fingerprint density at radius 1 is 0.258 bits per heavy atom. The molecule has 0 unspecified atom stereocenters. The molecule has 11 aromatic carbocycles. The summed E-state index contributed by atoms with van der Waals surface area (Å²) in [6.45, 7) is 0. The van der Waals surface area contributed by atoms with Gasteiger partial charge in [-0.1, -0.05) is 206 Å². The molecule has 0 spiro atoms. The van der Waals surface area contributed by atoms with Gasteiger partial charge in [-0.05, 0) is 110 Å². The molecule has 0 aliphatic heterocycles. The number of hydrogen-bond donors (Lipinski definition) is 0. The molecule has 0 bridgehead atoms. The van der Waals surface area contributed by atoms with Crippen LogP contribution in [0.3, 0.4) is 0 Å². The third kappa shape index (κ3) is 7.02. The minimum Gasteiger partial charge on any atom is -0.309 e. The van der Waals surface area contributed by atoms with Crippen molar-refractivity contribution in [3.63, 3.8) is 0 Å². The topological polar surface area (TPSA) is 8.17 Å². The molecular weight excluding hydrogens is 797 g/mol. The summed E-state index contributed by atoms with van der Waals surface area (Å²) in [5, 5.41) is 4.96. The van der Waals surface area contributed by atoms with Crippen molar-refractivity contribution >= 4 is 49.6 Å². The van der Waals surface area contributed by atoms with Crippen molar-refractivity contribution in [2.24, 2.45) is 0 Å². The summed E-state index contributed by atoms with van der Waals surface area (Å²) in [7, 11) is 0. The zero-order valence-electron chi connectivity index (χ0n) is 36.3. The highest BCUT2D eigenvalue weighted by Crippen LogP contribution is 2.48. The van der Waals surface area contributed by atoms with Gasteiger partial charge >= 0.3 is 0 Å². The van der Waals surface area contributed by atoms with E-state index in [0.717, 1.165) is 61.7 Å². The normalized spacial score (nSPS) is 11.3. The van der Waals surface area contributed by atoms with Crippen molar-refractivity contribution in [3.05, 3.63) is 267 Å². The van der Waals surface area contributed by atoms with Gasteiger partial charge in [0.05, 0.1) is 28.1 Å². The molecule has 0 saturated heterocycles. The Morgan fingerprint density at radius 2 is 0.727 bits per heavy atom. The first-order chi connectivity index (χ1) is 32.7. The van der Waals surface area contributed by atoms with Crippen molar-refractivity contribution in [2.45, 2.75) is 0 Å². The van der Waals surface area contributed by atoms with E-state index in [2.05, 4.69) is 276 Å². The summed E-state index contributed by atoms with van der Waals surface area (Å²) in [5.41, 5.74) is 18.3. The van der Waals surface area contributed by atoms with E-state index in [4.69, 9.17) is 0 Å². The molecule has 0 amide bonds. The molecule has 0 radical (unpaired) electrons. The first-order valence-corrected chi connectivity index (χ1v) is 22.7. The molecule has 0 aliphatic rings. The highest BCUT2D eigenvalue weighted by molar-refractivity contribution is 6.10. The van der Waals surface area contributed by atoms with E-state index in [9.17, 15) is 0 Å². The smallest absolute Gasteiger partial charge is 0.0541 e. The van der Waals surface area contributed by atoms with Crippen molar-refractivity contribution < 1.29 is 0 Å². The summed E-state index contributed by atoms with van der Waals surface area (Å²) in [6.07, 6.45) is 0. The van der Waals surface area contributed by atoms with Crippen LogP contribution in [0.25, 0.3) is 93.9 Å². The van der Waals surface area contributed by atoms with Crippen LogP contribution in [0.4, 0.5) is 17.1 Å². The van der Waals surface area contributed by atoms with Gasteiger partial charge in [0.25, 0.3) is 0 Å². The average molecular weight is 841 g/mol. The van der Waals surface area contributed by atoms with E-state index in [-0.39, 0.29) is 0 Å². The van der Waals surface area contributed by atoms with Crippen LogP contribution in [0, 0.1) is 0 Å². The van der Waals surface area contributed by atoms with Gasteiger partial charge in [-0.3, -0.25) is 0 Å². The third-order valence-electron chi connectivity index (χ3n) is 13.0. The number of nitrogens with zero attached hydrogens (tertiary/aromatic N) is 2. The Morgan fingerprint density at radius 3 is 1.39 bits per heavy atom. The summed E-state index contributed by atoms with van der Waals surface area (Å²) in [5.74, 6) is 0. The first kappa shape index (κ1) is 38.9. The fraction of sp³-hybridized carbons (Fsp3) is 0.